The molecule has 1 atom stereocenters. The van der Waals surface area contributed by atoms with Gasteiger partial charge in [0.15, 0.2) is 0 Å². The molecule has 6 nitrogen and oxygen atoms in total. The predicted octanol–water partition coefficient (Wildman–Crippen LogP) is -0.404. The van der Waals surface area contributed by atoms with Crippen LogP contribution in [0.4, 0.5) is 0 Å². The summed E-state index contributed by atoms with van der Waals surface area (Å²) in [7, 11) is 0. The Kier molecular flexibility index (Phi) is 6.14. The highest BCUT2D eigenvalue weighted by Crippen LogP contribution is 2.08. The summed E-state index contributed by atoms with van der Waals surface area (Å²) in [6.45, 7) is 3.27. The number of aliphatic hydroxyl groups is 1. The van der Waals surface area contributed by atoms with Gasteiger partial charge in [-0.2, -0.15) is 0 Å². The van der Waals surface area contributed by atoms with Gasteiger partial charge in [0.2, 0.25) is 0 Å². The summed E-state index contributed by atoms with van der Waals surface area (Å²) in [6, 6.07) is 0.123. The lowest BCUT2D eigenvalue weighted by Crippen LogP contribution is -2.47. The smallest absolute Gasteiger partial charge is 0.139 e. The minimum atomic E-state index is 0.123. The second kappa shape index (κ2) is 7.43. The monoisotopic (exact) mass is 231 g/mol. The minimum Gasteiger partial charge on any atom is -0.409 e. The van der Waals surface area contributed by atoms with E-state index in [1.165, 1.54) is 0 Å². The average molecular weight is 231 g/mol. The number of nitrogens with zero attached hydrogens (tertiary/aromatic N) is 2. The lowest BCUT2D eigenvalue weighted by Gasteiger charge is -2.34. The molecule has 0 aromatic carbocycles. The van der Waals surface area contributed by atoms with Crippen LogP contribution < -0.4 is 5.73 Å². The molecular weight excluding hydrogens is 210 g/mol. The second-order valence-electron chi connectivity index (χ2n) is 4.00. The van der Waals surface area contributed by atoms with Gasteiger partial charge in [-0.25, -0.2) is 0 Å². The van der Waals surface area contributed by atoms with Crippen LogP contribution in [-0.2, 0) is 4.74 Å². The van der Waals surface area contributed by atoms with E-state index >= 15 is 0 Å². The molecule has 0 amide bonds. The van der Waals surface area contributed by atoms with Crippen LogP contribution >= 0.6 is 0 Å². The number of oxime groups is 1. The Morgan fingerprint density at radius 1 is 1.50 bits per heavy atom. The van der Waals surface area contributed by atoms with Crippen molar-refractivity contribution in [2.24, 2.45) is 10.9 Å². The third-order valence-corrected chi connectivity index (χ3v) is 2.82. The largest absolute Gasteiger partial charge is 0.409 e. The zero-order chi connectivity index (χ0) is 11.8. The van der Waals surface area contributed by atoms with Crippen molar-refractivity contribution in [3.63, 3.8) is 0 Å². The van der Waals surface area contributed by atoms with Gasteiger partial charge in [-0.15, -0.1) is 0 Å². The van der Waals surface area contributed by atoms with Crippen molar-refractivity contribution in [2.45, 2.75) is 25.3 Å². The molecule has 1 heterocycles. The Morgan fingerprint density at radius 3 is 3.00 bits per heavy atom. The molecule has 1 fully saturated rings. The van der Waals surface area contributed by atoms with Crippen molar-refractivity contribution in [1.29, 1.82) is 0 Å². The van der Waals surface area contributed by atoms with E-state index in [-0.39, 0.29) is 18.5 Å². The fourth-order valence-corrected chi connectivity index (χ4v) is 1.82. The van der Waals surface area contributed by atoms with Crippen LogP contribution in [0, 0.1) is 0 Å². The van der Waals surface area contributed by atoms with Gasteiger partial charge < -0.3 is 20.8 Å². The van der Waals surface area contributed by atoms with E-state index in [9.17, 15) is 0 Å². The third kappa shape index (κ3) is 4.34. The lowest BCUT2D eigenvalue weighted by atomic mass is 10.2. The summed E-state index contributed by atoms with van der Waals surface area (Å²) in [5.74, 6) is 0.278. The number of unbranched alkanes of at least 4 members (excludes halogenated alkanes) is 1. The van der Waals surface area contributed by atoms with Crippen molar-refractivity contribution in [1.82, 2.24) is 4.90 Å². The molecule has 6 heteroatoms. The summed E-state index contributed by atoms with van der Waals surface area (Å²) < 4.78 is 5.29. The van der Waals surface area contributed by atoms with Crippen molar-refractivity contribution >= 4 is 5.84 Å². The fraction of sp³-hybridized carbons (Fsp3) is 0.900. The Morgan fingerprint density at radius 2 is 2.31 bits per heavy atom. The van der Waals surface area contributed by atoms with Gasteiger partial charge in [0.05, 0.1) is 25.9 Å². The molecule has 4 N–H and O–H groups in total. The average Bonchev–Trinajstić information content (AvgIpc) is 2.34. The number of hydrogen-bond donors (Lipinski definition) is 3. The molecule has 1 aliphatic rings. The number of hydrogen-bond acceptors (Lipinski definition) is 5. The van der Waals surface area contributed by atoms with Crippen LogP contribution in [0.25, 0.3) is 0 Å². The van der Waals surface area contributed by atoms with Gasteiger partial charge in [0.1, 0.15) is 5.84 Å². The highest BCUT2D eigenvalue weighted by Gasteiger charge is 2.21. The van der Waals surface area contributed by atoms with Crippen LogP contribution in [0.15, 0.2) is 5.16 Å². The van der Waals surface area contributed by atoms with Gasteiger partial charge in [0.25, 0.3) is 0 Å². The quantitative estimate of drug-likeness (QED) is 0.190. The lowest BCUT2D eigenvalue weighted by molar-refractivity contribution is -0.0277. The first kappa shape index (κ1) is 13.2. The maximum Gasteiger partial charge on any atom is 0.139 e. The molecule has 0 bridgehead atoms. The summed E-state index contributed by atoms with van der Waals surface area (Å²) in [6.07, 6.45) is 2.49. The molecular formula is C10H21N3O3. The van der Waals surface area contributed by atoms with E-state index in [1.807, 2.05) is 0 Å². The molecule has 0 aliphatic carbocycles. The van der Waals surface area contributed by atoms with E-state index in [4.69, 9.17) is 20.8 Å². The standard InChI is InChI=1S/C10H21N3O3/c11-10(12-15)3-1-2-4-13-5-6-16-8-9(13)7-14/h9,14-15H,1-8H2,(H2,11,12). The van der Waals surface area contributed by atoms with Gasteiger partial charge >= 0.3 is 0 Å². The topological polar surface area (TPSA) is 91.3 Å². The van der Waals surface area contributed by atoms with E-state index in [1.54, 1.807) is 0 Å². The van der Waals surface area contributed by atoms with E-state index in [0.717, 1.165) is 32.5 Å². The van der Waals surface area contributed by atoms with Gasteiger partial charge in [0, 0.05) is 13.0 Å². The van der Waals surface area contributed by atoms with E-state index in [0.29, 0.717) is 13.0 Å². The van der Waals surface area contributed by atoms with Crippen LogP contribution in [-0.4, -0.2) is 60.0 Å². The molecule has 0 aromatic heterocycles. The molecule has 1 aliphatic heterocycles. The second-order valence-corrected chi connectivity index (χ2v) is 4.00. The van der Waals surface area contributed by atoms with Crippen LogP contribution in [0.1, 0.15) is 19.3 Å². The first-order chi connectivity index (χ1) is 7.77. The number of rotatable bonds is 6. The number of nitrogens with two attached hydrogens (primary N) is 1. The maximum atomic E-state index is 9.15. The number of aliphatic hydroxyl groups excluding tert-OH is 1. The number of morpholine rings is 1. The zero-order valence-corrected chi connectivity index (χ0v) is 9.51. The molecule has 0 aromatic rings. The summed E-state index contributed by atoms with van der Waals surface area (Å²) in [5, 5.41) is 20.4. The number of amidine groups is 1. The highest BCUT2D eigenvalue weighted by atomic mass is 16.5. The Bertz CT molecular complexity index is 223. The van der Waals surface area contributed by atoms with Crippen LogP contribution in [0.3, 0.4) is 0 Å². The molecule has 0 spiro atoms. The summed E-state index contributed by atoms with van der Waals surface area (Å²) >= 11 is 0. The molecule has 0 saturated carbocycles. The van der Waals surface area contributed by atoms with E-state index < -0.39 is 0 Å². The summed E-state index contributed by atoms with van der Waals surface area (Å²) in [5.41, 5.74) is 5.37. The number of ether oxygens (including phenoxy) is 1. The highest BCUT2D eigenvalue weighted by molar-refractivity contribution is 5.79. The third-order valence-electron chi connectivity index (χ3n) is 2.82. The van der Waals surface area contributed by atoms with Crippen molar-refractivity contribution in [3.8, 4) is 0 Å². The van der Waals surface area contributed by atoms with E-state index in [2.05, 4.69) is 10.1 Å². The Hall–Kier alpha value is -0.850. The summed E-state index contributed by atoms with van der Waals surface area (Å²) in [4.78, 5) is 2.23. The van der Waals surface area contributed by atoms with Crippen molar-refractivity contribution in [2.75, 3.05) is 32.9 Å². The van der Waals surface area contributed by atoms with Crippen LogP contribution in [0.5, 0.6) is 0 Å². The first-order valence-electron chi connectivity index (χ1n) is 5.67. The van der Waals surface area contributed by atoms with Gasteiger partial charge in [-0.1, -0.05) is 5.16 Å². The predicted molar refractivity (Wildman–Crippen MR) is 60.5 cm³/mol. The van der Waals surface area contributed by atoms with Crippen molar-refractivity contribution < 1.29 is 15.1 Å². The molecule has 1 unspecified atom stereocenters. The molecule has 1 saturated heterocycles. The minimum absolute atomic E-state index is 0.123. The van der Waals surface area contributed by atoms with Gasteiger partial charge in [-0.05, 0) is 19.4 Å². The zero-order valence-electron chi connectivity index (χ0n) is 9.51. The van der Waals surface area contributed by atoms with Gasteiger partial charge in [-0.3, -0.25) is 4.90 Å². The Labute approximate surface area is 95.7 Å². The fourth-order valence-electron chi connectivity index (χ4n) is 1.82. The molecule has 0 radical (unpaired) electrons. The van der Waals surface area contributed by atoms with Crippen LogP contribution in [0.2, 0.25) is 0 Å². The molecule has 1 rings (SSSR count). The SMILES string of the molecule is NC(CCCCN1CCOCC1CO)=NO. The maximum absolute atomic E-state index is 9.15. The molecule has 94 valence electrons. The first-order valence-corrected chi connectivity index (χ1v) is 5.67. The molecule has 16 heavy (non-hydrogen) atoms. The Balaban J connectivity index is 2.15. The normalized spacial score (nSPS) is 23.6. The van der Waals surface area contributed by atoms with Crippen molar-refractivity contribution in [3.05, 3.63) is 0 Å².